The highest BCUT2D eigenvalue weighted by Gasteiger charge is 2.45. The summed E-state index contributed by atoms with van der Waals surface area (Å²) in [6.45, 7) is 0.758. The number of aliphatic hydroxyl groups excluding tert-OH is 1. The van der Waals surface area contributed by atoms with Crippen molar-refractivity contribution in [3.8, 4) is 11.5 Å². The quantitative estimate of drug-likeness (QED) is 0.585. The molecule has 0 saturated carbocycles. The van der Waals surface area contributed by atoms with Gasteiger partial charge in [0.25, 0.3) is 5.92 Å². The van der Waals surface area contributed by atoms with Crippen molar-refractivity contribution in [2.24, 2.45) is 0 Å². The van der Waals surface area contributed by atoms with Crippen LogP contribution in [0.5, 0.6) is 11.5 Å². The Bertz CT molecular complexity index is 575. The lowest BCUT2D eigenvalue weighted by atomic mass is 9.97. The molecule has 1 atom stereocenters. The minimum Gasteiger partial charge on any atom is -0.503 e. The number of phenolic OH excluding ortho intramolecular Hbond substituents is 1. The summed E-state index contributed by atoms with van der Waals surface area (Å²) in [7, 11) is 1.35. The summed E-state index contributed by atoms with van der Waals surface area (Å²) < 4.78 is 34.6. The van der Waals surface area contributed by atoms with E-state index in [1.807, 2.05) is 0 Å². The molecule has 0 spiro atoms. The number of methoxy groups -OCH3 is 1. The van der Waals surface area contributed by atoms with E-state index >= 15 is 0 Å². The Morgan fingerprint density at radius 2 is 1.92 bits per heavy atom. The molecule has 3 N–H and O–H groups in total. The van der Waals surface area contributed by atoms with Gasteiger partial charge < -0.3 is 20.3 Å². The van der Waals surface area contributed by atoms with Gasteiger partial charge >= 0.3 is 0 Å². The monoisotopic (exact) mass is 494 g/mol. The molecule has 0 amide bonds. The van der Waals surface area contributed by atoms with Crippen LogP contribution in [0.2, 0.25) is 0 Å². The van der Waals surface area contributed by atoms with Crippen molar-refractivity contribution in [1.82, 2.24) is 10.2 Å². The van der Waals surface area contributed by atoms with Gasteiger partial charge in [-0.05, 0) is 43.5 Å². The maximum atomic E-state index is 14.5. The average molecular weight is 497 g/mol. The second kappa shape index (κ2) is 8.95. The number of piperazine rings is 1. The van der Waals surface area contributed by atoms with E-state index in [1.165, 1.54) is 13.2 Å². The Balaban J connectivity index is 0.00000288. The van der Waals surface area contributed by atoms with Gasteiger partial charge in [-0.25, -0.2) is 8.78 Å². The first-order valence-electron chi connectivity index (χ1n) is 7.01. The number of nitrogens with zero attached hydrogens (tertiary/aromatic N) is 1. The summed E-state index contributed by atoms with van der Waals surface area (Å²) in [5.74, 6) is -3.43. The number of ether oxygens (including phenoxy) is 1. The molecule has 1 saturated heterocycles. The smallest absolute Gasteiger partial charge is 0.289 e. The van der Waals surface area contributed by atoms with Crippen LogP contribution in [0.1, 0.15) is 11.6 Å². The highest BCUT2D eigenvalue weighted by Crippen LogP contribution is 2.48. The van der Waals surface area contributed by atoms with Crippen LogP contribution in [0.15, 0.2) is 15.0 Å². The molecule has 10 heteroatoms. The van der Waals surface area contributed by atoms with E-state index in [1.54, 1.807) is 4.90 Å². The van der Waals surface area contributed by atoms with Crippen LogP contribution in [-0.4, -0.2) is 60.9 Å². The summed E-state index contributed by atoms with van der Waals surface area (Å²) in [6, 6.07) is 0.0373. The third kappa shape index (κ3) is 4.31. The Kier molecular flexibility index (Phi) is 8.15. The third-order valence-corrected chi connectivity index (χ3v) is 5.97. The average Bonchev–Trinajstić information content (AvgIpc) is 2.56. The zero-order valence-electron chi connectivity index (χ0n) is 12.9. The van der Waals surface area contributed by atoms with Gasteiger partial charge in [0, 0.05) is 30.7 Å². The van der Waals surface area contributed by atoms with Gasteiger partial charge in [0.05, 0.1) is 11.6 Å². The maximum absolute atomic E-state index is 14.5. The lowest BCUT2D eigenvalue weighted by Crippen LogP contribution is -2.51. The fourth-order valence-electron chi connectivity index (χ4n) is 2.68. The Morgan fingerprint density at radius 1 is 1.33 bits per heavy atom. The van der Waals surface area contributed by atoms with Crippen molar-refractivity contribution >= 4 is 44.3 Å². The molecule has 2 rings (SSSR count). The Morgan fingerprint density at radius 3 is 2.42 bits per heavy atom. The van der Waals surface area contributed by atoms with E-state index in [0.29, 0.717) is 30.7 Å². The molecule has 0 unspecified atom stereocenters. The number of aromatic hydroxyl groups is 1. The van der Waals surface area contributed by atoms with Gasteiger partial charge in [0.15, 0.2) is 11.5 Å². The van der Waals surface area contributed by atoms with Gasteiger partial charge in [-0.3, -0.25) is 4.90 Å². The number of aliphatic hydroxyl groups is 1. The summed E-state index contributed by atoms with van der Waals surface area (Å²) in [4.78, 5) is 1.62. The molecular weight excluding hydrogens is 477 g/mol. The lowest BCUT2D eigenvalue weighted by Gasteiger charge is -2.39. The predicted molar refractivity (Wildman–Crippen MR) is 96.5 cm³/mol. The van der Waals surface area contributed by atoms with E-state index in [-0.39, 0.29) is 33.9 Å². The fourth-order valence-corrected chi connectivity index (χ4v) is 3.63. The molecule has 1 aliphatic heterocycles. The number of nitrogens with one attached hydrogen (secondary N) is 1. The number of phenols is 1. The topological polar surface area (TPSA) is 65.0 Å². The second-order valence-electron chi connectivity index (χ2n) is 5.25. The van der Waals surface area contributed by atoms with Crippen LogP contribution in [0.25, 0.3) is 0 Å². The summed E-state index contributed by atoms with van der Waals surface area (Å²) in [6.07, 6.45) is 0. The highest BCUT2D eigenvalue weighted by atomic mass is 79.9. The van der Waals surface area contributed by atoms with E-state index in [4.69, 9.17) is 4.74 Å². The molecule has 1 aliphatic rings. The number of hydrogen-bond acceptors (Lipinski definition) is 5. The van der Waals surface area contributed by atoms with Gasteiger partial charge in [0.2, 0.25) is 0 Å². The molecule has 0 aliphatic carbocycles. The van der Waals surface area contributed by atoms with Gasteiger partial charge in [0.1, 0.15) is 12.6 Å². The highest BCUT2D eigenvalue weighted by molar-refractivity contribution is 9.13. The van der Waals surface area contributed by atoms with Crippen LogP contribution in [-0.2, 0) is 0 Å². The van der Waals surface area contributed by atoms with Crippen LogP contribution < -0.4 is 10.1 Å². The van der Waals surface area contributed by atoms with E-state index in [9.17, 15) is 19.0 Å². The number of hydrogen-bond donors (Lipinski definition) is 3. The molecule has 0 radical (unpaired) electrons. The summed E-state index contributed by atoms with van der Waals surface area (Å²) in [5, 5.41) is 22.3. The first-order chi connectivity index (χ1) is 10.8. The predicted octanol–water partition coefficient (Wildman–Crippen LogP) is 2.92. The maximum Gasteiger partial charge on any atom is 0.289 e. The largest absolute Gasteiger partial charge is 0.503 e. The summed E-state index contributed by atoms with van der Waals surface area (Å²) in [5.41, 5.74) is 0.243. The zero-order valence-corrected chi connectivity index (χ0v) is 16.8. The van der Waals surface area contributed by atoms with Crippen molar-refractivity contribution < 1.29 is 23.7 Å². The van der Waals surface area contributed by atoms with Gasteiger partial charge in [-0.2, -0.15) is 0 Å². The Hall–Kier alpha value is -0.190. The molecule has 1 fully saturated rings. The lowest BCUT2D eigenvalue weighted by molar-refractivity contribution is -0.118. The molecule has 0 bridgehead atoms. The van der Waals surface area contributed by atoms with Crippen molar-refractivity contribution in [3.05, 3.63) is 20.6 Å². The van der Waals surface area contributed by atoms with Crippen LogP contribution in [0.4, 0.5) is 8.78 Å². The molecule has 5 nitrogen and oxygen atoms in total. The fraction of sp³-hybridized carbons (Fsp3) is 0.571. The molecule has 138 valence electrons. The number of halogens is 5. The number of rotatable bonds is 5. The van der Waals surface area contributed by atoms with E-state index < -0.39 is 18.6 Å². The van der Waals surface area contributed by atoms with Crippen molar-refractivity contribution in [2.45, 2.75) is 12.0 Å². The molecule has 1 heterocycles. The Labute approximate surface area is 162 Å². The number of alkyl halides is 2. The van der Waals surface area contributed by atoms with E-state index in [0.717, 1.165) is 0 Å². The molecule has 1 aromatic rings. The van der Waals surface area contributed by atoms with Crippen LogP contribution >= 0.6 is 44.3 Å². The normalized spacial score (nSPS) is 17.2. The minimum absolute atomic E-state index is 0. The van der Waals surface area contributed by atoms with E-state index in [2.05, 4.69) is 37.2 Å². The van der Waals surface area contributed by atoms with Crippen molar-refractivity contribution in [3.63, 3.8) is 0 Å². The molecule has 24 heavy (non-hydrogen) atoms. The van der Waals surface area contributed by atoms with Gasteiger partial charge in [-0.1, -0.05) is 0 Å². The molecular formula is C14H19Br2ClF2N2O3. The first kappa shape index (κ1) is 21.9. The van der Waals surface area contributed by atoms with Crippen molar-refractivity contribution in [2.75, 3.05) is 39.9 Å². The second-order valence-corrected chi connectivity index (χ2v) is 6.84. The summed E-state index contributed by atoms with van der Waals surface area (Å²) >= 11 is 6.45. The molecule has 1 aromatic carbocycles. The van der Waals surface area contributed by atoms with Gasteiger partial charge in [-0.15, -0.1) is 12.4 Å². The standard InChI is InChI=1S/C14H18Br2F2N2O3.ClH/c1-23-9-6-8(10(15)11(16)12(9)22)13(14(17,18)7-21)20-4-2-19-3-5-20;/h6,13,19,21-22H,2-5,7H2,1H3;1H/t13-;/m0./s1. The van der Waals surface area contributed by atoms with Crippen LogP contribution in [0.3, 0.4) is 0 Å². The van der Waals surface area contributed by atoms with Crippen molar-refractivity contribution in [1.29, 1.82) is 0 Å². The van der Waals surface area contributed by atoms with Crippen LogP contribution in [0, 0.1) is 0 Å². The third-order valence-electron chi connectivity index (χ3n) is 3.82. The minimum atomic E-state index is -3.35. The molecule has 0 aromatic heterocycles. The first-order valence-corrected chi connectivity index (χ1v) is 8.60. The SMILES string of the molecule is COc1cc([C@H](N2CCNCC2)C(F)(F)CO)c(Br)c(Br)c1O.Cl. The zero-order chi connectivity index (χ0) is 17.2. The number of benzene rings is 1.